The maximum atomic E-state index is 5.73. The highest BCUT2D eigenvalue weighted by molar-refractivity contribution is 5.52. The molecule has 15 heavy (non-hydrogen) atoms. The lowest BCUT2D eigenvalue weighted by Gasteiger charge is -2.17. The molecule has 1 aromatic heterocycles. The highest BCUT2D eigenvalue weighted by Crippen LogP contribution is 2.29. The summed E-state index contributed by atoms with van der Waals surface area (Å²) in [6.45, 7) is 2.12. The molecule has 0 radical (unpaired) electrons. The lowest BCUT2D eigenvalue weighted by atomic mass is 10.2. The van der Waals surface area contributed by atoms with Crippen molar-refractivity contribution in [2.24, 2.45) is 0 Å². The maximum Gasteiger partial charge on any atom is 0.140 e. The highest BCUT2D eigenvalue weighted by atomic mass is 16.5. The first kappa shape index (κ1) is 10.3. The number of aromatic nitrogens is 1. The normalized spacial score (nSPS) is 15.1. The van der Waals surface area contributed by atoms with Gasteiger partial charge in [-0.2, -0.15) is 0 Å². The Morgan fingerprint density at radius 1 is 1.47 bits per heavy atom. The van der Waals surface area contributed by atoms with E-state index in [9.17, 15) is 0 Å². The first-order valence-corrected chi connectivity index (χ1v) is 5.53. The molecule has 0 unspecified atom stereocenters. The van der Waals surface area contributed by atoms with E-state index >= 15 is 0 Å². The fourth-order valence-electron chi connectivity index (χ4n) is 1.57. The second-order valence-electron chi connectivity index (χ2n) is 4.20. The van der Waals surface area contributed by atoms with Crippen molar-refractivity contribution in [2.75, 3.05) is 19.0 Å². The molecule has 0 aliphatic heterocycles. The lowest BCUT2D eigenvalue weighted by Crippen LogP contribution is -2.12. The van der Waals surface area contributed by atoms with Crippen LogP contribution in [0.4, 0.5) is 5.69 Å². The van der Waals surface area contributed by atoms with Gasteiger partial charge in [-0.3, -0.25) is 4.98 Å². The first-order chi connectivity index (χ1) is 7.20. The lowest BCUT2D eigenvalue weighted by molar-refractivity contribution is 0.302. The Balaban J connectivity index is 2.22. The molecule has 1 saturated carbocycles. The third kappa shape index (κ3) is 2.41. The minimum atomic E-state index is 0.439. The number of anilines is 1. The number of rotatable bonds is 4. The van der Waals surface area contributed by atoms with E-state index < -0.39 is 0 Å². The quantitative estimate of drug-likeness (QED) is 0.755. The van der Waals surface area contributed by atoms with Crippen LogP contribution in [-0.2, 0) is 6.42 Å². The Kier molecular flexibility index (Phi) is 2.80. The van der Waals surface area contributed by atoms with E-state index in [2.05, 4.69) is 22.9 Å². The van der Waals surface area contributed by atoms with E-state index in [4.69, 9.17) is 4.74 Å². The minimum absolute atomic E-state index is 0.439. The molecule has 0 spiro atoms. The predicted molar refractivity (Wildman–Crippen MR) is 61.6 cm³/mol. The van der Waals surface area contributed by atoms with Gasteiger partial charge in [0.05, 0.1) is 23.7 Å². The summed E-state index contributed by atoms with van der Waals surface area (Å²) >= 11 is 0. The zero-order valence-electron chi connectivity index (χ0n) is 9.66. The van der Waals surface area contributed by atoms with Crippen LogP contribution in [0.25, 0.3) is 0 Å². The van der Waals surface area contributed by atoms with Gasteiger partial charge in [-0.05, 0) is 19.3 Å². The third-order valence-electron chi connectivity index (χ3n) is 2.57. The molecule has 1 fully saturated rings. The Hall–Kier alpha value is -1.25. The zero-order chi connectivity index (χ0) is 10.8. The predicted octanol–water partition coefficient (Wildman–Crippen LogP) is 2.25. The monoisotopic (exact) mass is 206 g/mol. The van der Waals surface area contributed by atoms with Crippen molar-refractivity contribution in [3.8, 4) is 5.75 Å². The highest BCUT2D eigenvalue weighted by Gasteiger charge is 2.23. The summed E-state index contributed by atoms with van der Waals surface area (Å²) in [5.74, 6) is 0.901. The standard InChI is InChI=1S/C12H18N2O/c1-4-11-12(14(2)3)7-10(8-13-11)15-9-5-6-9/h7-9H,4-6H2,1-3H3. The molecule has 1 aliphatic rings. The second kappa shape index (κ2) is 4.09. The van der Waals surface area contributed by atoms with Gasteiger partial charge >= 0.3 is 0 Å². The van der Waals surface area contributed by atoms with Gasteiger partial charge in [-0.1, -0.05) is 6.92 Å². The molecule has 0 atom stereocenters. The number of pyridine rings is 1. The van der Waals surface area contributed by atoms with Crippen LogP contribution >= 0.6 is 0 Å². The molecule has 3 nitrogen and oxygen atoms in total. The van der Waals surface area contributed by atoms with Crippen molar-refractivity contribution in [1.29, 1.82) is 0 Å². The summed E-state index contributed by atoms with van der Waals surface area (Å²) in [5.41, 5.74) is 2.29. The smallest absolute Gasteiger partial charge is 0.140 e. The van der Waals surface area contributed by atoms with E-state index in [1.54, 1.807) is 0 Å². The fraction of sp³-hybridized carbons (Fsp3) is 0.583. The van der Waals surface area contributed by atoms with Crippen molar-refractivity contribution >= 4 is 5.69 Å². The van der Waals surface area contributed by atoms with Crippen LogP contribution < -0.4 is 9.64 Å². The molecule has 3 heteroatoms. The number of hydrogen-bond donors (Lipinski definition) is 0. The van der Waals surface area contributed by atoms with Crippen LogP contribution in [0.15, 0.2) is 12.3 Å². The van der Waals surface area contributed by atoms with Crippen LogP contribution in [0.3, 0.4) is 0 Å². The van der Waals surface area contributed by atoms with Crippen LogP contribution in [0, 0.1) is 0 Å². The van der Waals surface area contributed by atoms with Crippen molar-refractivity contribution in [1.82, 2.24) is 4.98 Å². The molecule has 2 rings (SSSR count). The molecule has 0 saturated heterocycles. The Bertz CT molecular complexity index is 345. The summed E-state index contributed by atoms with van der Waals surface area (Å²) in [6, 6.07) is 2.09. The van der Waals surface area contributed by atoms with Crippen molar-refractivity contribution < 1.29 is 4.74 Å². The average molecular weight is 206 g/mol. The number of aryl methyl sites for hydroxylation is 1. The SMILES string of the molecule is CCc1ncc(OC2CC2)cc1N(C)C. The van der Waals surface area contributed by atoms with Crippen LogP contribution in [0.2, 0.25) is 0 Å². The molecule has 0 amide bonds. The first-order valence-electron chi connectivity index (χ1n) is 5.53. The molecule has 0 N–H and O–H groups in total. The summed E-state index contributed by atoms with van der Waals surface area (Å²) in [6.07, 6.45) is 5.61. The Morgan fingerprint density at radius 3 is 2.73 bits per heavy atom. The molecular formula is C12H18N2O. The molecule has 1 heterocycles. The van der Waals surface area contributed by atoms with E-state index in [0.717, 1.165) is 23.6 Å². The number of hydrogen-bond acceptors (Lipinski definition) is 3. The summed E-state index contributed by atoms with van der Waals surface area (Å²) in [4.78, 5) is 6.52. The molecule has 1 aliphatic carbocycles. The molecule has 82 valence electrons. The minimum Gasteiger partial charge on any atom is -0.489 e. The Morgan fingerprint density at radius 2 is 2.20 bits per heavy atom. The maximum absolute atomic E-state index is 5.73. The van der Waals surface area contributed by atoms with Gasteiger partial charge in [-0.25, -0.2) is 0 Å². The van der Waals surface area contributed by atoms with Gasteiger partial charge in [0.15, 0.2) is 0 Å². The van der Waals surface area contributed by atoms with Gasteiger partial charge in [-0.15, -0.1) is 0 Å². The number of nitrogens with zero attached hydrogens (tertiary/aromatic N) is 2. The van der Waals surface area contributed by atoms with E-state index in [0.29, 0.717) is 6.10 Å². The van der Waals surface area contributed by atoms with E-state index in [1.807, 2.05) is 20.3 Å². The largest absolute Gasteiger partial charge is 0.489 e. The zero-order valence-corrected chi connectivity index (χ0v) is 9.66. The topological polar surface area (TPSA) is 25.4 Å². The summed E-state index contributed by atoms with van der Waals surface area (Å²) in [7, 11) is 4.08. The summed E-state index contributed by atoms with van der Waals surface area (Å²) < 4.78 is 5.73. The van der Waals surface area contributed by atoms with Gasteiger partial charge in [0, 0.05) is 20.2 Å². The summed E-state index contributed by atoms with van der Waals surface area (Å²) in [5, 5.41) is 0. The molecule has 0 bridgehead atoms. The number of ether oxygens (including phenoxy) is 1. The van der Waals surface area contributed by atoms with Crippen LogP contribution in [-0.4, -0.2) is 25.2 Å². The van der Waals surface area contributed by atoms with Gasteiger partial charge in [0.1, 0.15) is 5.75 Å². The van der Waals surface area contributed by atoms with E-state index in [1.165, 1.54) is 12.8 Å². The van der Waals surface area contributed by atoms with Crippen molar-refractivity contribution in [3.63, 3.8) is 0 Å². The van der Waals surface area contributed by atoms with Crippen LogP contribution in [0.5, 0.6) is 5.75 Å². The van der Waals surface area contributed by atoms with Gasteiger partial charge in [0.2, 0.25) is 0 Å². The van der Waals surface area contributed by atoms with Gasteiger partial charge in [0.25, 0.3) is 0 Å². The van der Waals surface area contributed by atoms with Crippen molar-refractivity contribution in [2.45, 2.75) is 32.3 Å². The molecule has 0 aromatic carbocycles. The Labute approximate surface area is 91.1 Å². The molecular weight excluding hydrogens is 188 g/mol. The van der Waals surface area contributed by atoms with Crippen LogP contribution in [0.1, 0.15) is 25.5 Å². The third-order valence-corrected chi connectivity index (χ3v) is 2.57. The fourth-order valence-corrected chi connectivity index (χ4v) is 1.57. The second-order valence-corrected chi connectivity index (χ2v) is 4.20. The van der Waals surface area contributed by atoms with E-state index in [-0.39, 0.29) is 0 Å². The van der Waals surface area contributed by atoms with Gasteiger partial charge < -0.3 is 9.64 Å². The molecule has 1 aromatic rings. The average Bonchev–Trinajstić information content (AvgIpc) is 3.01. The van der Waals surface area contributed by atoms with Crippen molar-refractivity contribution in [3.05, 3.63) is 18.0 Å².